The Balaban J connectivity index is 2.12. The Morgan fingerprint density at radius 2 is 1.90 bits per heavy atom. The van der Waals surface area contributed by atoms with Crippen molar-refractivity contribution in [3.63, 3.8) is 0 Å². The molecule has 0 aliphatic carbocycles. The van der Waals surface area contributed by atoms with E-state index in [-0.39, 0.29) is 5.54 Å². The second-order valence-corrected chi connectivity index (χ2v) is 7.57. The molecular formula is C18H30N2O. The van der Waals surface area contributed by atoms with Crippen LogP contribution in [0.3, 0.4) is 0 Å². The first-order valence-electron chi connectivity index (χ1n) is 8.07. The molecule has 1 aliphatic rings. The monoisotopic (exact) mass is 290 g/mol. The van der Waals surface area contributed by atoms with Crippen LogP contribution in [0, 0.1) is 0 Å². The second-order valence-electron chi connectivity index (χ2n) is 7.57. The fraction of sp³-hybridized carbons (Fsp3) is 0.667. The van der Waals surface area contributed by atoms with Crippen LogP contribution in [-0.4, -0.2) is 29.3 Å². The van der Waals surface area contributed by atoms with E-state index < -0.39 is 5.60 Å². The highest BCUT2D eigenvalue weighted by Crippen LogP contribution is 2.27. The van der Waals surface area contributed by atoms with Crippen molar-refractivity contribution in [1.82, 2.24) is 5.32 Å². The van der Waals surface area contributed by atoms with Crippen LogP contribution >= 0.6 is 0 Å². The highest BCUT2D eigenvalue weighted by atomic mass is 16.3. The molecule has 1 unspecified atom stereocenters. The molecule has 1 atom stereocenters. The molecule has 0 saturated carbocycles. The summed E-state index contributed by atoms with van der Waals surface area (Å²) in [6.07, 6.45) is 2.79. The van der Waals surface area contributed by atoms with E-state index in [0.29, 0.717) is 0 Å². The Bertz CT molecular complexity index is 463. The maximum Gasteiger partial charge on any atom is 0.0637 e. The Morgan fingerprint density at radius 3 is 2.62 bits per heavy atom. The third-order valence-electron chi connectivity index (χ3n) is 4.21. The normalized spacial score (nSPS) is 24.0. The molecule has 0 aromatic heterocycles. The minimum atomic E-state index is -0.507. The molecule has 0 bridgehead atoms. The molecule has 2 N–H and O–H groups in total. The summed E-state index contributed by atoms with van der Waals surface area (Å²) in [4.78, 5) is 2.43. The minimum absolute atomic E-state index is 0.121. The Hall–Kier alpha value is -1.06. The fourth-order valence-corrected chi connectivity index (χ4v) is 2.83. The van der Waals surface area contributed by atoms with Crippen LogP contribution in [0.25, 0.3) is 0 Å². The lowest BCUT2D eigenvalue weighted by atomic mass is 9.98. The van der Waals surface area contributed by atoms with E-state index >= 15 is 0 Å². The van der Waals surface area contributed by atoms with Crippen LogP contribution in [0.4, 0.5) is 5.69 Å². The van der Waals surface area contributed by atoms with E-state index in [4.69, 9.17) is 0 Å². The lowest BCUT2D eigenvalue weighted by Gasteiger charge is -2.28. The summed E-state index contributed by atoms with van der Waals surface area (Å²) in [6, 6.07) is 8.63. The quantitative estimate of drug-likeness (QED) is 0.896. The van der Waals surface area contributed by atoms with Gasteiger partial charge in [-0.1, -0.05) is 18.2 Å². The molecule has 0 radical (unpaired) electrons. The molecule has 0 amide bonds. The number of anilines is 1. The van der Waals surface area contributed by atoms with Crippen LogP contribution in [0.5, 0.6) is 0 Å². The third kappa shape index (κ3) is 5.01. The van der Waals surface area contributed by atoms with Crippen molar-refractivity contribution < 1.29 is 5.11 Å². The van der Waals surface area contributed by atoms with Gasteiger partial charge in [0.25, 0.3) is 0 Å². The molecule has 1 heterocycles. The summed E-state index contributed by atoms with van der Waals surface area (Å²) in [5.41, 5.74) is 2.27. The zero-order chi connectivity index (χ0) is 15.5. The van der Waals surface area contributed by atoms with Gasteiger partial charge in [0.05, 0.1) is 5.60 Å². The van der Waals surface area contributed by atoms with Gasteiger partial charge in [0.1, 0.15) is 0 Å². The first-order chi connectivity index (χ1) is 9.77. The number of aliphatic hydroxyl groups is 1. The molecule has 3 nitrogen and oxygen atoms in total. The van der Waals surface area contributed by atoms with Gasteiger partial charge in [-0.2, -0.15) is 0 Å². The lowest BCUT2D eigenvalue weighted by molar-refractivity contribution is 0.0481. The Kier molecular flexibility index (Phi) is 4.95. The van der Waals surface area contributed by atoms with Gasteiger partial charge in [0, 0.05) is 30.9 Å². The molecule has 1 aromatic carbocycles. The number of rotatable bonds is 3. The summed E-state index contributed by atoms with van der Waals surface area (Å²) in [5, 5.41) is 13.8. The first kappa shape index (κ1) is 16.3. The van der Waals surface area contributed by atoms with Gasteiger partial charge in [-0.15, -0.1) is 0 Å². The summed E-state index contributed by atoms with van der Waals surface area (Å²) in [7, 11) is 0. The molecule has 2 rings (SSSR count). The van der Waals surface area contributed by atoms with Crippen molar-refractivity contribution >= 4 is 5.69 Å². The lowest BCUT2D eigenvalue weighted by Crippen LogP contribution is -2.36. The summed E-state index contributed by atoms with van der Waals surface area (Å²) in [5.74, 6) is 0. The summed E-state index contributed by atoms with van der Waals surface area (Å²) < 4.78 is 0. The zero-order valence-electron chi connectivity index (χ0n) is 13.9. The van der Waals surface area contributed by atoms with Crippen LogP contribution in [0.1, 0.15) is 52.5 Å². The summed E-state index contributed by atoms with van der Waals surface area (Å²) >= 11 is 0. The van der Waals surface area contributed by atoms with Crippen molar-refractivity contribution in [2.24, 2.45) is 0 Å². The standard InChI is InChI=1S/C18H30N2O/c1-17(2,3)19-14-15-8-5-6-9-16(15)20-12-7-10-18(4,21)11-13-20/h5-6,8-9,19,21H,7,10-14H2,1-4H3. The van der Waals surface area contributed by atoms with Gasteiger partial charge in [-0.25, -0.2) is 0 Å². The van der Waals surface area contributed by atoms with E-state index in [1.807, 2.05) is 6.92 Å². The van der Waals surface area contributed by atoms with Gasteiger partial charge in [0.2, 0.25) is 0 Å². The van der Waals surface area contributed by atoms with Gasteiger partial charge < -0.3 is 15.3 Å². The van der Waals surface area contributed by atoms with Crippen molar-refractivity contribution in [2.45, 2.75) is 64.6 Å². The highest BCUT2D eigenvalue weighted by molar-refractivity contribution is 5.53. The van der Waals surface area contributed by atoms with Gasteiger partial charge in [0.15, 0.2) is 0 Å². The smallest absolute Gasteiger partial charge is 0.0637 e. The van der Waals surface area contributed by atoms with E-state index in [1.54, 1.807) is 0 Å². The van der Waals surface area contributed by atoms with Crippen LogP contribution < -0.4 is 10.2 Å². The average molecular weight is 290 g/mol. The number of hydrogen-bond acceptors (Lipinski definition) is 3. The number of nitrogens with zero attached hydrogens (tertiary/aromatic N) is 1. The Morgan fingerprint density at radius 1 is 1.19 bits per heavy atom. The molecule has 1 aliphatic heterocycles. The molecule has 21 heavy (non-hydrogen) atoms. The number of nitrogens with one attached hydrogen (secondary N) is 1. The topological polar surface area (TPSA) is 35.5 Å². The maximum atomic E-state index is 10.3. The largest absolute Gasteiger partial charge is 0.390 e. The van der Waals surface area contributed by atoms with Crippen molar-refractivity contribution in [3.8, 4) is 0 Å². The van der Waals surface area contributed by atoms with E-state index in [0.717, 1.165) is 38.9 Å². The average Bonchev–Trinajstić information content (AvgIpc) is 2.57. The van der Waals surface area contributed by atoms with Crippen molar-refractivity contribution in [1.29, 1.82) is 0 Å². The number of para-hydroxylation sites is 1. The zero-order valence-corrected chi connectivity index (χ0v) is 13.9. The van der Waals surface area contributed by atoms with Crippen molar-refractivity contribution in [3.05, 3.63) is 29.8 Å². The van der Waals surface area contributed by atoms with Gasteiger partial charge >= 0.3 is 0 Å². The molecule has 1 aromatic rings. The van der Waals surface area contributed by atoms with E-state index in [2.05, 4.69) is 55.3 Å². The molecule has 1 saturated heterocycles. The third-order valence-corrected chi connectivity index (χ3v) is 4.21. The van der Waals surface area contributed by atoms with Crippen LogP contribution in [0.15, 0.2) is 24.3 Å². The van der Waals surface area contributed by atoms with Crippen LogP contribution in [0.2, 0.25) is 0 Å². The number of hydrogen-bond donors (Lipinski definition) is 2. The molecule has 1 fully saturated rings. The molecule has 0 spiro atoms. The summed E-state index contributed by atoms with van der Waals surface area (Å²) in [6.45, 7) is 11.4. The van der Waals surface area contributed by atoms with Crippen molar-refractivity contribution in [2.75, 3.05) is 18.0 Å². The van der Waals surface area contributed by atoms with Gasteiger partial charge in [-0.3, -0.25) is 0 Å². The van der Waals surface area contributed by atoms with E-state index in [9.17, 15) is 5.11 Å². The number of benzene rings is 1. The van der Waals surface area contributed by atoms with Crippen LogP contribution in [-0.2, 0) is 6.54 Å². The highest BCUT2D eigenvalue weighted by Gasteiger charge is 2.25. The Labute approximate surface area is 129 Å². The maximum absolute atomic E-state index is 10.3. The molecule has 3 heteroatoms. The predicted octanol–water partition coefficient (Wildman–Crippen LogP) is 3.32. The SMILES string of the molecule is CC1(O)CCCN(c2ccccc2CNC(C)(C)C)CC1. The second kappa shape index (κ2) is 6.37. The minimum Gasteiger partial charge on any atom is -0.390 e. The predicted molar refractivity (Wildman–Crippen MR) is 89.7 cm³/mol. The molecule has 118 valence electrons. The van der Waals surface area contributed by atoms with E-state index in [1.165, 1.54) is 11.3 Å². The first-order valence-corrected chi connectivity index (χ1v) is 8.07. The molecular weight excluding hydrogens is 260 g/mol. The fourth-order valence-electron chi connectivity index (χ4n) is 2.83. The van der Waals surface area contributed by atoms with Gasteiger partial charge in [-0.05, 0) is 58.6 Å².